The standard InChI is InChI=1S/C21H19NO3S2/c23-19(24)8-4-5-13-22-20(25)18(27-21(22)26)14-15-9-11-17(12-10-15)16-6-2-1-3-7-16/h1-3,6-7,9-12,14H,4-5,8,13H2,(H,23,24)/p-1/b18-14+. The molecular weight excluding hydrogens is 378 g/mol. The van der Waals surface area contributed by atoms with E-state index in [0.29, 0.717) is 28.6 Å². The molecule has 138 valence electrons. The summed E-state index contributed by atoms with van der Waals surface area (Å²) >= 11 is 6.58. The van der Waals surface area contributed by atoms with Crippen molar-refractivity contribution >= 4 is 46.3 Å². The van der Waals surface area contributed by atoms with Gasteiger partial charge in [0.25, 0.3) is 5.91 Å². The predicted octanol–water partition coefficient (Wildman–Crippen LogP) is 3.48. The molecule has 1 heterocycles. The third kappa shape index (κ3) is 5.05. The van der Waals surface area contributed by atoms with Crippen LogP contribution in [0.5, 0.6) is 0 Å². The lowest BCUT2D eigenvalue weighted by Crippen LogP contribution is -2.29. The topological polar surface area (TPSA) is 60.4 Å². The van der Waals surface area contributed by atoms with Crippen molar-refractivity contribution in [3.8, 4) is 11.1 Å². The van der Waals surface area contributed by atoms with E-state index in [1.165, 1.54) is 11.8 Å². The first-order chi connectivity index (χ1) is 13.0. The minimum absolute atomic E-state index is 0.00159. The van der Waals surface area contributed by atoms with Crippen LogP contribution >= 0.6 is 24.0 Å². The van der Waals surface area contributed by atoms with Gasteiger partial charge in [-0.2, -0.15) is 0 Å². The number of carboxylic acids is 1. The molecule has 1 aliphatic heterocycles. The zero-order valence-electron chi connectivity index (χ0n) is 14.6. The van der Waals surface area contributed by atoms with Crippen LogP contribution in [-0.4, -0.2) is 27.6 Å². The van der Waals surface area contributed by atoms with Gasteiger partial charge in [-0.25, -0.2) is 0 Å². The minimum atomic E-state index is -1.07. The van der Waals surface area contributed by atoms with Crippen LogP contribution in [0.15, 0.2) is 59.5 Å². The number of aliphatic carboxylic acids is 1. The van der Waals surface area contributed by atoms with Crippen molar-refractivity contribution in [2.24, 2.45) is 0 Å². The highest BCUT2D eigenvalue weighted by atomic mass is 32.2. The summed E-state index contributed by atoms with van der Waals surface area (Å²) in [6, 6.07) is 18.1. The van der Waals surface area contributed by atoms with E-state index >= 15 is 0 Å². The molecule has 0 aromatic heterocycles. The van der Waals surface area contributed by atoms with E-state index < -0.39 is 5.97 Å². The van der Waals surface area contributed by atoms with E-state index in [-0.39, 0.29) is 12.3 Å². The number of thiocarbonyl (C=S) groups is 1. The fourth-order valence-electron chi connectivity index (χ4n) is 2.79. The molecule has 1 aliphatic rings. The summed E-state index contributed by atoms with van der Waals surface area (Å²) in [6.07, 6.45) is 2.90. The summed E-state index contributed by atoms with van der Waals surface area (Å²) < 4.78 is 0.514. The molecule has 1 amide bonds. The summed E-state index contributed by atoms with van der Waals surface area (Å²) in [5, 5.41) is 10.5. The fraction of sp³-hybridized carbons (Fsp3) is 0.190. The molecule has 1 saturated heterocycles. The monoisotopic (exact) mass is 396 g/mol. The van der Waals surface area contributed by atoms with Gasteiger partial charge < -0.3 is 9.90 Å². The number of hydrogen-bond acceptors (Lipinski definition) is 5. The second-order valence-electron chi connectivity index (χ2n) is 6.15. The number of thioether (sulfide) groups is 1. The third-order valence-corrected chi connectivity index (χ3v) is 5.58. The summed E-state index contributed by atoms with van der Waals surface area (Å²) in [5.41, 5.74) is 3.20. The van der Waals surface area contributed by atoms with Gasteiger partial charge in [0, 0.05) is 12.5 Å². The van der Waals surface area contributed by atoms with Gasteiger partial charge in [-0.3, -0.25) is 9.69 Å². The van der Waals surface area contributed by atoms with E-state index in [2.05, 4.69) is 12.1 Å². The second kappa shape index (κ2) is 8.97. The van der Waals surface area contributed by atoms with Crippen LogP contribution < -0.4 is 5.11 Å². The number of amides is 1. The number of carboxylic acid groups (broad SMARTS) is 1. The molecular formula is C21H18NO3S2-. The Balaban J connectivity index is 1.65. The highest BCUT2D eigenvalue weighted by molar-refractivity contribution is 8.26. The number of benzene rings is 2. The fourth-order valence-corrected chi connectivity index (χ4v) is 4.09. The quantitative estimate of drug-likeness (QED) is 0.407. The Morgan fingerprint density at radius 1 is 1.04 bits per heavy atom. The Hall–Kier alpha value is -2.44. The normalized spacial score (nSPS) is 15.6. The number of unbranched alkanes of at least 4 members (excludes halogenated alkanes) is 1. The van der Waals surface area contributed by atoms with Crippen LogP contribution in [0.1, 0.15) is 24.8 Å². The van der Waals surface area contributed by atoms with E-state index in [4.69, 9.17) is 12.2 Å². The first-order valence-corrected chi connectivity index (χ1v) is 9.88. The molecule has 2 aromatic rings. The highest BCUT2D eigenvalue weighted by Crippen LogP contribution is 2.33. The molecule has 2 aromatic carbocycles. The van der Waals surface area contributed by atoms with Crippen LogP contribution in [0.4, 0.5) is 0 Å². The van der Waals surface area contributed by atoms with E-state index in [1.54, 1.807) is 4.90 Å². The smallest absolute Gasteiger partial charge is 0.266 e. The van der Waals surface area contributed by atoms with Crippen molar-refractivity contribution in [3.63, 3.8) is 0 Å². The van der Waals surface area contributed by atoms with Crippen molar-refractivity contribution in [1.82, 2.24) is 4.90 Å². The summed E-state index contributed by atoms with van der Waals surface area (Å²) in [6.45, 7) is 0.433. The maximum absolute atomic E-state index is 12.6. The first kappa shape index (κ1) is 19.3. The van der Waals surface area contributed by atoms with Crippen molar-refractivity contribution in [1.29, 1.82) is 0 Å². The molecule has 0 saturated carbocycles. The molecule has 6 heteroatoms. The number of carbonyl (C=O) groups excluding carboxylic acids is 2. The molecule has 0 N–H and O–H groups in total. The average molecular weight is 397 g/mol. The third-order valence-electron chi connectivity index (χ3n) is 4.20. The van der Waals surface area contributed by atoms with Crippen molar-refractivity contribution in [2.75, 3.05) is 6.54 Å². The van der Waals surface area contributed by atoms with Crippen molar-refractivity contribution in [3.05, 3.63) is 65.1 Å². The number of hydrogen-bond donors (Lipinski definition) is 0. The van der Waals surface area contributed by atoms with Crippen molar-refractivity contribution in [2.45, 2.75) is 19.3 Å². The SMILES string of the molecule is O=C([O-])CCCCN1C(=O)/C(=C\c2ccc(-c3ccccc3)cc2)SC1=S. The molecule has 0 aliphatic carbocycles. The molecule has 1 fully saturated rings. The molecule has 4 nitrogen and oxygen atoms in total. The zero-order valence-corrected chi connectivity index (χ0v) is 16.2. The molecule has 0 spiro atoms. The molecule has 0 atom stereocenters. The molecule has 0 bridgehead atoms. The lowest BCUT2D eigenvalue weighted by molar-refractivity contribution is -0.305. The Kier molecular flexibility index (Phi) is 6.42. The van der Waals surface area contributed by atoms with Gasteiger partial charge in [0.05, 0.1) is 4.91 Å². The van der Waals surface area contributed by atoms with Gasteiger partial charge in [-0.1, -0.05) is 78.6 Å². The van der Waals surface area contributed by atoms with Crippen LogP contribution in [0.3, 0.4) is 0 Å². The molecule has 27 heavy (non-hydrogen) atoms. The minimum Gasteiger partial charge on any atom is -0.550 e. The number of nitrogens with zero attached hydrogens (tertiary/aromatic N) is 1. The molecule has 0 radical (unpaired) electrons. The second-order valence-corrected chi connectivity index (χ2v) is 7.83. The van der Waals surface area contributed by atoms with Crippen LogP contribution in [0.2, 0.25) is 0 Å². The Labute approximate surface area is 167 Å². The average Bonchev–Trinajstić information content (AvgIpc) is 2.93. The summed E-state index contributed by atoms with van der Waals surface area (Å²) in [7, 11) is 0. The first-order valence-electron chi connectivity index (χ1n) is 8.65. The van der Waals surface area contributed by atoms with Gasteiger partial charge in [0.1, 0.15) is 4.32 Å². The zero-order chi connectivity index (χ0) is 19.2. The highest BCUT2D eigenvalue weighted by Gasteiger charge is 2.31. The largest absolute Gasteiger partial charge is 0.550 e. The van der Waals surface area contributed by atoms with Crippen LogP contribution in [0, 0.1) is 0 Å². The summed E-state index contributed by atoms with van der Waals surface area (Å²) in [4.78, 5) is 25.2. The molecule has 0 unspecified atom stereocenters. The van der Waals surface area contributed by atoms with E-state index in [9.17, 15) is 14.7 Å². The Bertz CT molecular complexity index is 876. The Morgan fingerprint density at radius 3 is 2.37 bits per heavy atom. The Morgan fingerprint density at radius 2 is 1.70 bits per heavy atom. The summed E-state index contributed by atoms with van der Waals surface area (Å²) in [5.74, 6) is -1.19. The van der Waals surface area contributed by atoms with Crippen LogP contribution in [0.25, 0.3) is 17.2 Å². The number of rotatable bonds is 7. The molecule has 3 rings (SSSR count). The van der Waals surface area contributed by atoms with Crippen molar-refractivity contribution < 1.29 is 14.7 Å². The van der Waals surface area contributed by atoms with Gasteiger partial charge in [0.2, 0.25) is 0 Å². The maximum Gasteiger partial charge on any atom is 0.266 e. The maximum atomic E-state index is 12.6. The van der Waals surface area contributed by atoms with E-state index in [1.807, 2.05) is 48.5 Å². The van der Waals surface area contributed by atoms with E-state index in [0.717, 1.165) is 16.7 Å². The lowest BCUT2D eigenvalue weighted by atomic mass is 10.0. The predicted molar refractivity (Wildman–Crippen MR) is 111 cm³/mol. The van der Waals surface area contributed by atoms with Gasteiger partial charge in [-0.15, -0.1) is 0 Å². The van der Waals surface area contributed by atoms with Gasteiger partial charge in [0.15, 0.2) is 0 Å². The number of carbonyl (C=O) groups is 2. The van der Waals surface area contributed by atoms with Gasteiger partial charge >= 0.3 is 0 Å². The van der Waals surface area contributed by atoms with Crippen LogP contribution in [-0.2, 0) is 9.59 Å². The van der Waals surface area contributed by atoms with Gasteiger partial charge in [-0.05, 0) is 42.0 Å². The lowest BCUT2D eigenvalue weighted by Gasteiger charge is -2.14.